The topological polar surface area (TPSA) is 34.9 Å². The van der Waals surface area contributed by atoms with Gasteiger partial charge in [0.1, 0.15) is 5.69 Å². The van der Waals surface area contributed by atoms with Gasteiger partial charge in [-0.2, -0.15) is 5.10 Å². The highest BCUT2D eigenvalue weighted by molar-refractivity contribution is 6.67. The molecule has 0 amide bonds. The third-order valence-electron chi connectivity index (χ3n) is 1.48. The van der Waals surface area contributed by atoms with Crippen molar-refractivity contribution in [3.63, 3.8) is 0 Å². The molecule has 0 atom stereocenters. The number of rotatable bonds is 2. The minimum atomic E-state index is -0.500. The molecule has 0 spiro atoms. The van der Waals surface area contributed by atoms with Crippen molar-refractivity contribution in [2.45, 2.75) is 20.4 Å². The minimum absolute atomic E-state index is 0.325. The van der Waals surface area contributed by atoms with Crippen molar-refractivity contribution in [3.8, 4) is 0 Å². The van der Waals surface area contributed by atoms with E-state index in [1.165, 1.54) is 0 Å². The average molecular weight is 173 g/mol. The molecule has 1 heterocycles. The molecule has 0 aromatic carbocycles. The van der Waals surface area contributed by atoms with Crippen LogP contribution in [0.5, 0.6) is 0 Å². The molecule has 0 bridgehead atoms. The van der Waals surface area contributed by atoms with Crippen molar-refractivity contribution in [1.29, 1.82) is 0 Å². The standard InChI is InChI=1S/C7H9ClN2O/c1-3-10-5(2)4-6(9-10)7(8)11/h4H,3H2,1-2H3. The van der Waals surface area contributed by atoms with Crippen LogP contribution in [0.2, 0.25) is 0 Å². The molecule has 0 aliphatic heterocycles. The zero-order chi connectivity index (χ0) is 8.43. The van der Waals surface area contributed by atoms with E-state index in [2.05, 4.69) is 5.10 Å². The average Bonchev–Trinajstić information content (AvgIpc) is 2.31. The van der Waals surface area contributed by atoms with Gasteiger partial charge in [-0.25, -0.2) is 0 Å². The molecule has 0 aliphatic carbocycles. The fourth-order valence-corrected chi connectivity index (χ4v) is 1.02. The third kappa shape index (κ3) is 1.60. The van der Waals surface area contributed by atoms with Crippen LogP contribution < -0.4 is 0 Å². The number of nitrogens with zero attached hydrogens (tertiary/aromatic N) is 2. The summed E-state index contributed by atoms with van der Waals surface area (Å²) in [5.74, 6) is 0. The van der Waals surface area contributed by atoms with Gasteiger partial charge in [0.2, 0.25) is 0 Å². The lowest BCUT2D eigenvalue weighted by molar-refractivity contribution is 0.107. The lowest BCUT2D eigenvalue weighted by atomic mass is 10.4. The summed E-state index contributed by atoms with van der Waals surface area (Å²) in [5, 5.41) is 3.46. The van der Waals surface area contributed by atoms with E-state index in [-0.39, 0.29) is 0 Å². The van der Waals surface area contributed by atoms with Crippen LogP contribution in [-0.2, 0) is 6.54 Å². The Bertz CT molecular complexity index is 280. The Hall–Kier alpha value is -0.830. The van der Waals surface area contributed by atoms with E-state index in [4.69, 9.17) is 11.6 Å². The number of halogens is 1. The fraction of sp³-hybridized carbons (Fsp3) is 0.429. The van der Waals surface area contributed by atoms with Crippen molar-refractivity contribution >= 4 is 16.8 Å². The second kappa shape index (κ2) is 3.05. The number of aromatic nitrogens is 2. The Kier molecular flexibility index (Phi) is 2.29. The molecule has 0 unspecified atom stereocenters. The molecule has 0 aliphatic rings. The van der Waals surface area contributed by atoms with Crippen LogP contribution in [-0.4, -0.2) is 15.0 Å². The van der Waals surface area contributed by atoms with E-state index in [1.807, 2.05) is 13.8 Å². The van der Waals surface area contributed by atoms with Crippen molar-refractivity contribution in [1.82, 2.24) is 9.78 Å². The van der Waals surface area contributed by atoms with Crippen LogP contribution in [0.25, 0.3) is 0 Å². The molecule has 0 N–H and O–H groups in total. The fourth-order valence-electron chi connectivity index (χ4n) is 0.926. The minimum Gasteiger partial charge on any atom is -0.274 e. The van der Waals surface area contributed by atoms with Gasteiger partial charge in [0.15, 0.2) is 0 Å². The summed E-state index contributed by atoms with van der Waals surface area (Å²) in [6.07, 6.45) is 0. The summed E-state index contributed by atoms with van der Waals surface area (Å²) >= 11 is 5.23. The van der Waals surface area contributed by atoms with Gasteiger partial charge in [-0.3, -0.25) is 9.48 Å². The molecule has 1 aromatic heterocycles. The first-order valence-electron chi connectivity index (χ1n) is 3.39. The first-order valence-corrected chi connectivity index (χ1v) is 3.77. The molecule has 1 aromatic rings. The Morgan fingerprint density at radius 2 is 2.45 bits per heavy atom. The SMILES string of the molecule is CCn1nc(C(=O)Cl)cc1C. The third-order valence-corrected chi connectivity index (χ3v) is 1.68. The van der Waals surface area contributed by atoms with E-state index >= 15 is 0 Å². The molecule has 3 nitrogen and oxygen atoms in total. The van der Waals surface area contributed by atoms with Gasteiger partial charge >= 0.3 is 0 Å². The molecule has 1 rings (SSSR count). The Morgan fingerprint density at radius 1 is 1.82 bits per heavy atom. The molecule has 0 saturated heterocycles. The lowest BCUT2D eigenvalue weighted by Crippen LogP contribution is -1.99. The maximum Gasteiger partial charge on any atom is 0.272 e. The Morgan fingerprint density at radius 3 is 2.73 bits per heavy atom. The highest BCUT2D eigenvalue weighted by Gasteiger charge is 2.07. The summed E-state index contributed by atoms with van der Waals surface area (Å²) in [7, 11) is 0. The quantitative estimate of drug-likeness (QED) is 0.635. The summed E-state index contributed by atoms with van der Waals surface area (Å²) in [4.78, 5) is 10.6. The van der Waals surface area contributed by atoms with Crippen molar-refractivity contribution < 1.29 is 4.79 Å². The van der Waals surface area contributed by atoms with Crippen molar-refractivity contribution in [3.05, 3.63) is 17.5 Å². The van der Waals surface area contributed by atoms with Crippen LogP contribution in [0.4, 0.5) is 0 Å². The van der Waals surface area contributed by atoms with Crippen LogP contribution in [0, 0.1) is 6.92 Å². The molecule has 4 heteroatoms. The van der Waals surface area contributed by atoms with E-state index in [1.54, 1.807) is 10.7 Å². The van der Waals surface area contributed by atoms with Gasteiger partial charge in [0, 0.05) is 12.2 Å². The zero-order valence-electron chi connectivity index (χ0n) is 6.47. The molecular formula is C7H9ClN2O. The molecule has 11 heavy (non-hydrogen) atoms. The first kappa shape index (κ1) is 8.27. The Balaban J connectivity index is 3.05. The summed E-state index contributed by atoms with van der Waals surface area (Å²) < 4.78 is 1.73. The number of carbonyl (C=O) groups is 1. The highest BCUT2D eigenvalue weighted by atomic mass is 35.5. The van der Waals surface area contributed by atoms with Crippen LogP contribution in [0.1, 0.15) is 23.1 Å². The Labute approximate surface area is 70.0 Å². The summed E-state index contributed by atoms with van der Waals surface area (Å²) in [6, 6.07) is 1.68. The normalized spacial score (nSPS) is 10.1. The molecular weight excluding hydrogens is 164 g/mol. The van der Waals surface area contributed by atoms with Gasteiger partial charge in [-0.05, 0) is 31.5 Å². The van der Waals surface area contributed by atoms with Gasteiger partial charge in [-0.1, -0.05) is 0 Å². The van der Waals surface area contributed by atoms with E-state index in [0.717, 1.165) is 12.2 Å². The second-order valence-corrected chi connectivity index (χ2v) is 2.60. The zero-order valence-corrected chi connectivity index (χ0v) is 7.22. The maximum atomic E-state index is 10.6. The predicted molar refractivity (Wildman–Crippen MR) is 42.8 cm³/mol. The summed E-state index contributed by atoms with van der Waals surface area (Å²) in [5.41, 5.74) is 1.28. The largest absolute Gasteiger partial charge is 0.274 e. The van der Waals surface area contributed by atoms with Crippen LogP contribution in [0.3, 0.4) is 0 Å². The molecule has 60 valence electrons. The van der Waals surface area contributed by atoms with Gasteiger partial charge in [0.25, 0.3) is 5.24 Å². The highest BCUT2D eigenvalue weighted by Crippen LogP contribution is 2.05. The maximum absolute atomic E-state index is 10.6. The molecule has 0 saturated carbocycles. The van der Waals surface area contributed by atoms with E-state index in [9.17, 15) is 4.79 Å². The van der Waals surface area contributed by atoms with Crippen molar-refractivity contribution in [2.75, 3.05) is 0 Å². The smallest absolute Gasteiger partial charge is 0.272 e. The van der Waals surface area contributed by atoms with E-state index < -0.39 is 5.24 Å². The second-order valence-electron chi connectivity index (χ2n) is 2.26. The monoisotopic (exact) mass is 172 g/mol. The number of aryl methyl sites for hydroxylation is 2. The first-order chi connectivity index (χ1) is 5.15. The van der Waals surface area contributed by atoms with Gasteiger partial charge in [-0.15, -0.1) is 0 Å². The molecule has 0 fully saturated rings. The molecule has 0 radical (unpaired) electrons. The summed E-state index contributed by atoms with van der Waals surface area (Å²) in [6.45, 7) is 4.61. The van der Waals surface area contributed by atoms with E-state index in [0.29, 0.717) is 5.69 Å². The predicted octanol–water partition coefficient (Wildman–Crippen LogP) is 1.59. The van der Waals surface area contributed by atoms with Gasteiger partial charge < -0.3 is 0 Å². The van der Waals surface area contributed by atoms with Crippen LogP contribution >= 0.6 is 11.6 Å². The van der Waals surface area contributed by atoms with Crippen LogP contribution in [0.15, 0.2) is 6.07 Å². The lowest BCUT2D eigenvalue weighted by Gasteiger charge is -1.95. The number of hydrogen-bond donors (Lipinski definition) is 0. The number of hydrogen-bond acceptors (Lipinski definition) is 2. The van der Waals surface area contributed by atoms with Crippen molar-refractivity contribution in [2.24, 2.45) is 0 Å². The number of carbonyl (C=O) groups excluding carboxylic acids is 1. The van der Waals surface area contributed by atoms with Gasteiger partial charge in [0.05, 0.1) is 0 Å².